The Morgan fingerprint density at radius 2 is 1.95 bits per heavy atom. The zero-order valence-electron chi connectivity index (χ0n) is 13.8. The molecule has 1 N–H and O–H groups in total. The maximum absolute atomic E-state index is 6.02. The molecule has 0 aromatic rings. The summed E-state index contributed by atoms with van der Waals surface area (Å²) in [5.74, 6) is -0.275. The SMILES string of the molecule is CCC1CCCCCN1C1CC2(CCC1NC)OCCO2. The van der Waals surface area contributed by atoms with E-state index in [-0.39, 0.29) is 5.79 Å². The molecule has 0 radical (unpaired) electrons. The van der Waals surface area contributed by atoms with Crippen molar-refractivity contribution in [2.75, 3.05) is 26.8 Å². The van der Waals surface area contributed by atoms with Crippen LogP contribution in [0.4, 0.5) is 0 Å². The Bertz CT molecular complexity index is 331. The van der Waals surface area contributed by atoms with Crippen molar-refractivity contribution in [3.63, 3.8) is 0 Å². The molecule has 21 heavy (non-hydrogen) atoms. The zero-order valence-corrected chi connectivity index (χ0v) is 13.8. The average molecular weight is 296 g/mol. The van der Waals surface area contributed by atoms with Gasteiger partial charge < -0.3 is 14.8 Å². The van der Waals surface area contributed by atoms with E-state index in [4.69, 9.17) is 9.47 Å². The minimum atomic E-state index is -0.275. The number of ether oxygens (including phenoxy) is 2. The highest BCUT2D eigenvalue weighted by Crippen LogP contribution is 2.39. The van der Waals surface area contributed by atoms with Crippen LogP contribution in [-0.2, 0) is 9.47 Å². The van der Waals surface area contributed by atoms with Gasteiger partial charge >= 0.3 is 0 Å². The van der Waals surface area contributed by atoms with E-state index in [0.29, 0.717) is 12.1 Å². The molecule has 2 heterocycles. The van der Waals surface area contributed by atoms with Gasteiger partial charge in [0, 0.05) is 31.0 Å². The van der Waals surface area contributed by atoms with Gasteiger partial charge in [-0.05, 0) is 39.3 Å². The first-order valence-corrected chi connectivity index (χ1v) is 8.99. The van der Waals surface area contributed by atoms with E-state index in [2.05, 4.69) is 24.2 Å². The van der Waals surface area contributed by atoms with Gasteiger partial charge in [0.05, 0.1) is 13.2 Å². The lowest BCUT2D eigenvalue weighted by Crippen LogP contribution is -2.59. The lowest BCUT2D eigenvalue weighted by molar-refractivity contribution is -0.195. The Morgan fingerprint density at radius 1 is 1.14 bits per heavy atom. The average Bonchev–Trinajstić information content (AvgIpc) is 2.83. The number of likely N-dealkylation sites (tertiary alicyclic amines) is 1. The predicted octanol–water partition coefficient (Wildman–Crippen LogP) is 2.52. The lowest BCUT2D eigenvalue weighted by Gasteiger charge is -2.48. The predicted molar refractivity (Wildman–Crippen MR) is 84.4 cm³/mol. The molecule has 0 aromatic heterocycles. The highest BCUT2D eigenvalue weighted by Gasteiger charge is 2.47. The lowest BCUT2D eigenvalue weighted by atomic mass is 9.83. The third kappa shape index (κ3) is 3.29. The second-order valence-corrected chi connectivity index (χ2v) is 6.96. The molecule has 0 amide bonds. The third-order valence-corrected chi connectivity index (χ3v) is 5.83. The third-order valence-electron chi connectivity index (χ3n) is 5.83. The molecule has 2 saturated heterocycles. The molecule has 3 rings (SSSR count). The maximum Gasteiger partial charge on any atom is 0.170 e. The number of hydrogen-bond acceptors (Lipinski definition) is 4. The number of nitrogens with one attached hydrogen (secondary N) is 1. The van der Waals surface area contributed by atoms with Crippen LogP contribution >= 0.6 is 0 Å². The molecule has 3 atom stereocenters. The first kappa shape index (κ1) is 15.7. The largest absolute Gasteiger partial charge is 0.347 e. The van der Waals surface area contributed by atoms with Gasteiger partial charge in [0.2, 0.25) is 0 Å². The van der Waals surface area contributed by atoms with Gasteiger partial charge in [0.1, 0.15) is 0 Å². The first-order valence-electron chi connectivity index (χ1n) is 8.99. The molecule has 122 valence electrons. The summed E-state index contributed by atoms with van der Waals surface area (Å²) in [5, 5.41) is 3.57. The Labute approximate surface area is 129 Å². The van der Waals surface area contributed by atoms with Crippen molar-refractivity contribution >= 4 is 0 Å². The van der Waals surface area contributed by atoms with Crippen LogP contribution in [0.15, 0.2) is 0 Å². The van der Waals surface area contributed by atoms with Crippen molar-refractivity contribution in [1.29, 1.82) is 0 Å². The van der Waals surface area contributed by atoms with Gasteiger partial charge in [-0.1, -0.05) is 19.8 Å². The molecular weight excluding hydrogens is 264 g/mol. The summed E-state index contributed by atoms with van der Waals surface area (Å²) in [5.41, 5.74) is 0. The van der Waals surface area contributed by atoms with Gasteiger partial charge in [0.15, 0.2) is 5.79 Å². The van der Waals surface area contributed by atoms with E-state index < -0.39 is 0 Å². The highest BCUT2D eigenvalue weighted by molar-refractivity contribution is 4.98. The van der Waals surface area contributed by atoms with Crippen molar-refractivity contribution in [2.24, 2.45) is 0 Å². The smallest absolute Gasteiger partial charge is 0.170 e. The summed E-state index contributed by atoms with van der Waals surface area (Å²) in [6.07, 6.45) is 9.99. The fraction of sp³-hybridized carbons (Fsp3) is 1.00. The van der Waals surface area contributed by atoms with Crippen LogP contribution in [0.25, 0.3) is 0 Å². The second kappa shape index (κ2) is 6.95. The number of nitrogens with zero attached hydrogens (tertiary/aromatic N) is 1. The molecule has 1 aliphatic carbocycles. The second-order valence-electron chi connectivity index (χ2n) is 6.96. The van der Waals surface area contributed by atoms with Gasteiger partial charge in [-0.25, -0.2) is 0 Å². The zero-order chi connectivity index (χ0) is 14.7. The van der Waals surface area contributed by atoms with Gasteiger partial charge in [-0.3, -0.25) is 4.90 Å². The van der Waals surface area contributed by atoms with Crippen molar-refractivity contribution in [2.45, 2.75) is 82.2 Å². The topological polar surface area (TPSA) is 33.7 Å². The van der Waals surface area contributed by atoms with Gasteiger partial charge in [0.25, 0.3) is 0 Å². The van der Waals surface area contributed by atoms with E-state index in [0.717, 1.165) is 38.5 Å². The van der Waals surface area contributed by atoms with Crippen molar-refractivity contribution in [3.8, 4) is 0 Å². The Hall–Kier alpha value is -0.160. The summed E-state index contributed by atoms with van der Waals surface area (Å²) < 4.78 is 12.0. The normalized spacial score (nSPS) is 37.7. The van der Waals surface area contributed by atoms with Crippen molar-refractivity contribution in [3.05, 3.63) is 0 Å². The van der Waals surface area contributed by atoms with Crippen LogP contribution in [0, 0.1) is 0 Å². The quantitative estimate of drug-likeness (QED) is 0.868. The summed E-state index contributed by atoms with van der Waals surface area (Å²) in [6, 6.07) is 1.88. The molecule has 3 fully saturated rings. The van der Waals surface area contributed by atoms with Crippen LogP contribution < -0.4 is 5.32 Å². The summed E-state index contributed by atoms with van der Waals surface area (Å²) in [4.78, 5) is 2.79. The highest BCUT2D eigenvalue weighted by atomic mass is 16.7. The summed E-state index contributed by atoms with van der Waals surface area (Å²) in [7, 11) is 2.12. The monoisotopic (exact) mass is 296 g/mol. The van der Waals surface area contributed by atoms with E-state index >= 15 is 0 Å². The fourth-order valence-corrected chi connectivity index (χ4v) is 4.65. The van der Waals surface area contributed by atoms with E-state index in [1.54, 1.807) is 0 Å². The Balaban J connectivity index is 1.77. The van der Waals surface area contributed by atoms with Crippen LogP contribution in [-0.4, -0.2) is 55.6 Å². The molecule has 4 heteroatoms. The standard InChI is InChI=1S/C17H32N2O2/c1-3-14-7-5-4-6-10-19(14)16-13-17(20-11-12-21-17)9-8-15(16)18-2/h14-16,18H,3-13H2,1-2H3. The summed E-state index contributed by atoms with van der Waals surface area (Å²) >= 11 is 0. The van der Waals surface area contributed by atoms with E-state index in [1.165, 1.54) is 38.6 Å². The Kier molecular flexibility index (Phi) is 5.20. The molecule has 0 aromatic carbocycles. The number of rotatable bonds is 3. The number of likely N-dealkylation sites (N-methyl/N-ethyl adjacent to an activating group) is 1. The van der Waals surface area contributed by atoms with Gasteiger partial charge in [-0.15, -0.1) is 0 Å². The van der Waals surface area contributed by atoms with Crippen molar-refractivity contribution < 1.29 is 9.47 Å². The van der Waals surface area contributed by atoms with Crippen LogP contribution in [0.2, 0.25) is 0 Å². The molecule has 4 nitrogen and oxygen atoms in total. The molecule has 3 unspecified atom stereocenters. The van der Waals surface area contributed by atoms with Crippen LogP contribution in [0.3, 0.4) is 0 Å². The van der Waals surface area contributed by atoms with E-state index in [1.807, 2.05) is 0 Å². The molecule has 1 saturated carbocycles. The molecule has 2 aliphatic heterocycles. The number of hydrogen-bond donors (Lipinski definition) is 1. The maximum atomic E-state index is 6.02. The van der Waals surface area contributed by atoms with Crippen LogP contribution in [0.1, 0.15) is 58.3 Å². The minimum Gasteiger partial charge on any atom is -0.347 e. The Morgan fingerprint density at radius 3 is 2.67 bits per heavy atom. The van der Waals surface area contributed by atoms with Crippen LogP contribution in [0.5, 0.6) is 0 Å². The first-order chi connectivity index (χ1) is 10.3. The minimum absolute atomic E-state index is 0.275. The van der Waals surface area contributed by atoms with E-state index in [9.17, 15) is 0 Å². The molecule has 1 spiro atoms. The molecular formula is C17H32N2O2. The molecule has 0 bridgehead atoms. The molecule has 3 aliphatic rings. The van der Waals surface area contributed by atoms with Crippen molar-refractivity contribution in [1.82, 2.24) is 10.2 Å². The van der Waals surface area contributed by atoms with Gasteiger partial charge in [-0.2, -0.15) is 0 Å². The fourth-order valence-electron chi connectivity index (χ4n) is 4.65. The summed E-state index contributed by atoms with van der Waals surface area (Å²) in [6.45, 7) is 5.14.